The van der Waals surface area contributed by atoms with Crippen LogP contribution < -0.4 is 0 Å². The Kier molecular flexibility index (Phi) is 4.53. The average Bonchev–Trinajstić information content (AvgIpc) is 2.28. The van der Waals surface area contributed by atoms with E-state index >= 15 is 0 Å². The molecule has 0 unspecified atom stereocenters. The molecule has 0 radical (unpaired) electrons. The van der Waals surface area contributed by atoms with Gasteiger partial charge in [0, 0.05) is 9.79 Å². The van der Waals surface area contributed by atoms with Gasteiger partial charge in [-0.15, -0.1) is 12.6 Å². The Labute approximate surface area is 110 Å². The number of alkyl halides is 3. The Morgan fingerprint density at radius 2 is 2.11 bits per heavy atom. The summed E-state index contributed by atoms with van der Waals surface area (Å²) in [6.07, 6.45) is 0. The third kappa shape index (κ3) is 3.34. The molecule has 0 bridgehead atoms. The van der Waals surface area contributed by atoms with Gasteiger partial charge in [-0.1, -0.05) is 0 Å². The number of halogens is 3. The topological polar surface area (TPSA) is 50.1 Å². The van der Waals surface area contributed by atoms with Crippen molar-refractivity contribution in [3.63, 3.8) is 0 Å². The van der Waals surface area contributed by atoms with E-state index < -0.39 is 23.2 Å². The second-order valence-corrected chi connectivity index (χ2v) is 4.54. The summed E-state index contributed by atoms with van der Waals surface area (Å²) in [4.78, 5) is 10.9. The number of carbonyl (C=O) groups is 1. The highest BCUT2D eigenvalue weighted by Crippen LogP contribution is 2.41. The van der Waals surface area contributed by atoms with E-state index in [2.05, 4.69) is 17.4 Å². The van der Waals surface area contributed by atoms with Gasteiger partial charge in [0.2, 0.25) is 0 Å². The molecule has 1 rings (SSSR count). The van der Waals surface area contributed by atoms with E-state index in [-0.39, 0.29) is 20.9 Å². The Balaban J connectivity index is 3.30. The van der Waals surface area contributed by atoms with Crippen LogP contribution in [0.1, 0.15) is 15.9 Å². The van der Waals surface area contributed by atoms with Crippen molar-refractivity contribution in [2.24, 2.45) is 0 Å². The molecule has 0 heterocycles. The van der Waals surface area contributed by atoms with Gasteiger partial charge in [-0.2, -0.15) is 18.4 Å². The smallest absolute Gasteiger partial charge is 0.446 e. The number of methoxy groups -OCH3 is 1. The lowest BCUT2D eigenvalue weighted by molar-refractivity contribution is -0.0329. The maximum Gasteiger partial charge on any atom is 0.446 e. The molecule has 0 N–H and O–H groups in total. The van der Waals surface area contributed by atoms with Crippen LogP contribution in [0.5, 0.6) is 0 Å². The third-order valence-electron chi connectivity index (χ3n) is 1.88. The minimum atomic E-state index is -4.49. The van der Waals surface area contributed by atoms with Crippen molar-refractivity contribution >= 4 is 30.4 Å². The number of carbonyl (C=O) groups excluding carboxylic acids is 1. The van der Waals surface area contributed by atoms with E-state index in [0.29, 0.717) is 0 Å². The Hall–Kier alpha value is -1.33. The van der Waals surface area contributed by atoms with Crippen molar-refractivity contribution in [1.29, 1.82) is 5.26 Å². The Bertz CT molecular complexity index is 523. The van der Waals surface area contributed by atoms with Crippen molar-refractivity contribution < 1.29 is 22.7 Å². The zero-order valence-electron chi connectivity index (χ0n) is 8.91. The van der Waals surface area contributed by atoms with E-state index in [1.807, 2.05) is 0 Å². The number of rotatable bonds is 2. The predicted molar refractivity (Wildman–Crippen MR) is 61.7 cm³/mol. The molecule has 0 aliphatic rings. The fraction of sp³-hybridized carbons (Fsp3) is 0.200. The first kappa shape index (κ1) is 14.7. The molecule has 0 aliphatic carbocycles. The Morgan fingerprint density at radius 1 is 1.50 bits per heavy atom. The van der Waals surface area contributed by atoms with Gasteiger partial charge in [0.25, 0.3) is 0 Å². The molecule has 3 nitrogen and oxygen atoms in total. The second-order valence-electron chi connectivity index (χ2n) is 2.99. The third-order valence-corrected chi connectivity index (χ3v) is 3.29. The van der Waals surface area contributed by atoms with Crippen LogP contribution in [0.4, 0.5) is 13.2 Å². The highest BCUT2D eigenvalue weighted by molar-refractivity contribution is 8.00. The average molecular weight is 293 g/mol. The molecule has 8 heteroatoms. The van der Waals surface area contributed by atoms with E-state index in [9.17, 15) is 18.0 Å². The van der Waals surface area contributed by atoms with Crippen LogP contribution in [0, 0.1) is 11.3 Å². The number of esters is 1. The van der Waals surface area contributed by atoms with Crippen molar-refractivity contribution in [2.45, 2.75) is 15.3 Å². The van der Waals surface area contributed by atoms with Crippen LogP contribution in [0.3, 0.4) is 0 Å². The first-order valence-electron chi connectivity index (χ1n) is 4.40. The number of nitriles is 1. The molecular weight excluding hydrogens is 287 g/mol. The van der Waals surface area contributed by atoms with Crippen LogP contribution in [0.2, 0.25) is 0 Å². The van der Waals surface area contributed by atoms with Crippen molar-refractivity contribution in [1.82, 2.24) is 0 Å². The quantitative estimate of drug-likeness (QED) is 0.516. The minimum absolute atomic E-state index is 0.114. The molecule has 0 aromatic heterocycles. The number of hydrogen-bond donors (Lipinski definition) is 1. The summed E-state index contributed by atoms with van der Waals surface area (Å²) in [5, 5.41) is 8.87. The molecule has 1 aromatic rings. The van der Waals surface area contributed by atoms with Gasteiger partial charge in [0.05, 0.1) is 18.2 Å². The number of nitrogens with zero attached hydrogens (tertiary/aromatic N) is 1. The standard InChI is InChI=1S/C10H6F3NO2S2/c1-16-9(15)5-2-3-7(18-10(11,12)13)8(17)6(5)4-14/h2-3,17H,1H3. The molecule has 0 atom stereocenters. The molecular formula is C10H6F3NO2S2. The van der Waals surface area contributed by atoms with Gasteiger partial charge < -0.3 is 4.74 Å². The van der Waals surface area contributed by atoms with E-state index in [0.717, 1.165) is 19.2 Å². The molecule has 0 saturated carbocycles. The maximum absolute atomic E-state index is 12.2. The van der Waals surface area contributed by atoms with Crippen molar-refractivity contribution in [2.75, 3.05) is 7.11 Å². The van der Waals surface area contributed by atoms with Crippen LogP contribution in [-0.2, 0) is 4.74 Å². The largest absolute Gasteiger partial charge is 0.465 e. The van der Waals surface area contributed by atoms with E-state index in [1.165, 1.54) is 0 Å². The fourth-order valence-electron chi connectivity index (χ4n) is 1.17. The van der Waals surface area contributed by atoms with Gasteiger partial charge >= 0.3 is 11.5 Å². The normalized spacial score (nSPS) is 10.9. The molecule has 96 valence electrons. The summed E-state index contributed by atoms with van der Waals surface area (Å²) in [6, 6.07) is 3.83. The summed E-state index contributed by atoms with van der Waals surface area (Å²) in [5.41, 5.74) is -4.84. The van der Waals surface area contributed by atoms with Gasteiger partial charge in [0.15, 0.2) is 0 Å². The molecule has 0 saturated heterocycles. The van der Waals surface area contributed by atoms with Gasteiger partial charge in [-0.25, -0.2) is 4.79 Å². The predicted octanol–water partition coefficient (Wildman–Crippen LogP) is 3.25. The number of hydrogen-bond acceptors (Lipinski definition) is 5. The number of thioether (sulfide) groups is 1. The number of thiol groups is 1. The van der Waals surface area contributed by atoms with Crippen LogP contribution in [0.25, 0.3) is 0 Å². The van der Waals surface area contributed by atoms with Crippen LogP contribution in [-0.4, -0.2) is 18.6 Å². The van der Waals surface area contributed by atoms with Crippen LogP contribution in [0.15, 0.2) is 21.9 Å². The number of ether oxygens (including phenoxy) is 1. The van der Waals surface area contributed by atoms with Crippen LogP contribution >= 0.6 is 24.4 Å². The summed E-state index contributed by atoms with van der Waals surface area (Å²) in [5.74, 6) is -0.801. The lowest BCUT2D eigenvalue weighted by Gasteiger charge is -2.11. The van der Waals surface area contributed by atoms with Crippen molar-refractivity contribution in [3.05, 3.63) is 23.3 Å². The summed E-state index contributed by atoms with van der Waals surface area (Å²) < 4.78 is 41.1. The molecule has 0 spiro atoms. The molecule has 0 amide bonds. The second kappa shape index (κ2) is 5.54. The highest BCUT2D eigenvalue weighted by Gasteiger charge is 2.31. The highest BCUT2D eigenvalue weighted by atomic mass is 32.2. The first-order valence-corrected chi connectivity index (χ1v) is 5.66. The van der Waals surface area contributed by atoms with E-state index in [1.54, 1.807) is 6.07 Å². The zero-order valence-corrected chi connectivity index (χ0v) is 10.6. The summed E-state index contributed by atoms with van der Waals surface area (Å²) >= 11 is 3.46. The first-order chi connectivity index (χ1) is 8.30. The summed E-state index contributed by atoms with van der Waals surface area (Å²) in [7, 11) is 1.11. The van der Waals surface area contributed by atoms with Gasteiger partial charge in [-0.05, 0) is 23.9 Å². The summed E-state index contributed by atoms with van der Waals surface area (Å²) in [6.45, 7) is 0. The Morgan fingerprint density at radius 3 is 2.56 bits per heavy atom. The minimum Gasteiger partial charge on any atom is -0.465 e. The van der Waals surface area contributed by atoms with Gasteiger partial charge in [-0.3, -0.25) is 0 Å². The molecule has 0 fully saturated rings. The molecule has 18 heavy (non-hydrogen) atoms. The maximum atomic E-state index is 12.2. The molecule has 1 aromatic carbocycles. The van der Waals surface area contributed by atoms with Gasteiger partial charge in [0.1, 0.15) is 6.07 Å². The fourth-order valence-corrected chi connectivity index (χ4v) is 2.14. The number of benzene rings is 1. The van der Waals surface area contributed by atoms with E-state index in [4.69, 9.17) is 5.26 Å². The van der Waals surface area contributed by atoms with Crippen molar-refractivity contribution in [3.8, 4) is 6.07 Å². The SMILES string of the molecule is COC(=O)c1ccc(SC(F)(F)F)c(S)c1C#N. The zero-order chi connectivity index (χ0) is 13.9. The molecule has 0 aliphatic heterocycles. The monoisotopic (exact) mass is 293 g/mol. The lowest BCUT2D eigenvalue weighted by atomic mass is 10.1. The lowest BCUT2D eigenvalue weighted by Crippen LogP contribution is -2.06.